The Balaban J connectivity index is 1.87. The van der Waals surface area contributed by atoms with Crippen LogP contribution in [0.4, 0.5) is 0 Å². The van der Waals surface area contributed by atoms with Crippen molar-refractivity contribution >= 4 is 10.0 Å². The highest BCUT2D eigenvalue weighted by atomic mass is 32.2. The van der Waals surface area contributed by atoms with E-state index in [-0.39, 0.29) is 11.4 Å². The van der Waals surface area contributed by atoms with E-state index in [9.17, 15) is 8.42 Å². The quantitative estimate of drug-likeness (QED) is 0.814. The summed E-state index contributed by atoms with van der Waals surface area (Å²) in [4.78, 5) is 8.62. The van der Waals surface area contributed by atoms with E-state index in [1.807, 2.05) is 0 Å². The van der Waals surface area contributed by atoms with Crippen molar-refractivity contribution in [2.24, 2.45) is 7.05 Å². The first-order chi connectivity index (χ1) is 10.9. The molecule has 1 saturated heterocycles. The number of aryl methyl sites for hydroxylation is 3. The standard InChI is InChI=1S/C14H19N5O3S/c1-10-14(9-18(3)17-10)23(20,21)19-6-7-22-13(8-19)12-4-5-15-11(2)16-12/h4-5,9,13H,6-8H2,1-3H3/t13-/m0/s1. The molecule has 0 amide bonds. The van der Waals surface area contributed by atoms with Gasteiger partial charge in [0, 0.05) is 32.5 Å². The molecule has 1 aliphatic rings. The van der Waals surface area contributed by atoms with Crippen LogP contribution in [-0.4, -0.2) is 52.2 Å². The van der Waals surface area contributed by atoms with Crippen molar-refractivity contribution in [3.63, 3.8) is 0 Å². The van der Waals surface area contributed by atoms with Crippen LogP contribution < -0.4 is 0 Å². The van der Waals surface area contributed by atoms with Gasteiger partial charge in [-0.3, -0.25) is 4.68 Å². The largest absolute Gasteiger partial charge is 0.369 e. The van der Waals surface area contributed by atoms with Crippen LogP contribution in [0.3, 0.4) is 0 Å². The molecule has 1 aliphatic heterocycles. The van der Waals surface area contributed by atoms with Gasteiger partial charge in [-0.15, -0.1) is 0 Å². The van der Waals surface area contributed by atoms with Gasteiger partial charge in [-0.1, -0.05) is 0 Å². The molecular formula is C14H19N5O3S. The van der Waals surface area contributed by atoms with Gasteiger partial charge >= 0.3 is 0 Å². The summed E-state index contributed by atoms with van der Waals surface area (Å²) in [6.07, 6.45) is 2.79. The molecule has 1 atom stereocenters. The first-order valence-corrected chi connectivity index (χ1v) is 8.73. The Kier molecular flexibility index (Phi) is 4.17. The van der Waals surface area contributed by atoms with Crippen molar-refractivity contribution in [3.8, 4) is 0 Å². The second-order valence-electron chi connectivity index (χ2n) is 5.50. The molecule has 1 fully saturated rings. The third-order valence-corrected chi connectivity index (χ3v) is 5.71. The van der Waals surface area contributed by atoms with E-state index in [0.29, 0.717) is 30.4 Å². The number of ether oxygens (including phenoxy) is 1. The summed E-state index contributed by atoms with van der Waals surface area (Å²) in [6.45, 7) is 4.36. The highest BCUT2D eigenvalue weighted by molar-refractivity contribution is 7.89. The summed E-state index contributed by atoms with van der Waals surface area (Å²) in [5.41, 5.74) is 1.19. The van der Waals surface area contributed by atoms with E-state index in [2.05, 4.69) is 15.1 Å². The zero-order valence-electron chi connectivity index (χ0n) is 13.3. The van der Waals surface area contributed by atoms with Crippen LogP contribution in [0.2, 0.25) is 0 Å². The topological polar surface area (TPSA) is 90.2 Å². The Hall–Kier alpha value is -1.84. The molecule has 9 heteroatoms. The van der Waals surface area contributed by atoms with Crippen LogP contribution >= 0.6 is 0 Å². The van der Waals surface area contributed by atoms with E-state index in [1.165, 1.54) is 15.2 Å². The lowest BCUT2D eigenvalue weighted by Gasteiger charge is -2.31. The molecule has 124 valence electrons. The van der Waals surface area contributed by atoms with Crippen molar-refractivity contribution in [1.82, 2.24) is 24.1 Å². The smallest absolute Gasteiger partial charge is 0.246 e. The summed E-state index contributed by atoms with van der Waals surface area (Å²) < 4.78 is 34.3. The molecule has 8 nitrogen and oxygen atoms in total. The zero-order valence-corrected chi connectivity index (χ0v) is 14.1. The molecule has 0 radical (unpaired) electrons. The van der Waals surface area contributed by atoms with E-state index < -0.39 is 16.1 Å². The van der Waals surface area contributed by atoms with Crippen molar-refractivity contribution in [2.45, 2.75) is 24.8 Å². The number of aromatic nitrogens is 4. The van der Waals surface area contributed by atoms with Gasteiger partial charge in [0.25, 0.3) is 0 Å². The molecule has 23 heavy (non-hydrogen) atoms. The van der Waals surface area contributed by atoms with Crippen LogP contribution in [0, 0.1) is 13.8 Å². The molecule has 3 rings (SSSR count). The number of nitrogens with zero attached hydrogens (tertiary/aromatic N) is 5. The molecule has 0 unspecified atom stereocenters. The number of rotatable bonds is 3. The highest BCUT2D eigenvalue weighted by Crippen LogP contribution is 2.26. The molecule has 0 spiro atoms. The van der Waals surface area contributed by atoms with Crippen LogP contribution in [0.25, 0.3) is 0 Å². The lowest BCUT2D eigenvalue weighted by Crippen LogP contribution is -2.42. The van der Waals surface area contributed by atoms with Gasteiger partial charge in [0.05, 0.1) is 18.0 Å². The molecule has 0 saturated carbocycles. The van der Waals surface area contributed by atoms with Crippen LogP contribution in [0.1, 0.15) is 23.3 Å². The summed E-state index contributed by atoms with van der Waals surface area (Å²) >= 11 is 0. The Morgan fingerprint density at radius 3 is 2.78 bits per heavy atom. The van der Waals surface area contributed by atoms with E-state index >= 15 is 0 Å². The van der Waals surface area contributed by atoms with Crippen LogP contribution in [0.5, 0.6) is 0 Å². The Morgan fingerprint density at radius 1 is 1.35 bits per heavy atom. The number of sulfonamides is 1. The Labute approximate surface area is 135 Å². The number of morpholine rings is 1. The minimum Gasteiger partial charge on any atom is -0.369 e. The first-order valence-electron chi connectivity index (χ1n) is 7.29. The first kappa shape index (κ1) is 16.0. The fourth-order valence-electron chi connectivity index (χ4n) is 2.65. The maximum atomic E-state index is 12.8. The van der Waals surface area contributed by atoms with Crippen molar-refractivity contribution in [2.75, 3.05) is 19.7 Å². The van der Waals surface area contributed by atoms with Gasteiger partial charge in [-0.25, -0.2) is 18.4 Å². The minimum absolute atomic E-state index is 0.229. The fourth-order valence-corrected chi connectivity index (χ4v) is 4.27. The second kappa shape index (κ2) is 5.99. The van der Waals surface area contributed by atoms with Gasteiger partial charge < -0.3 is 4.74 Å². The average Bonchev–Trinajstić information content (AvgIpc) is 2.87. The maximum absolute atomic E-state index is 12.8. The second-order valence-corrected chi connectivity index (χ2v) is 7.41. The maximum Gasteiger partial charge on any atom is 0.246 e. The van der Waals surface area contributed by atoms with Gasteiger partial charge in [0.1, 0.15) is 16.8 Å². The summed E-state index contributed by atoms with van der Waals surface area (Å²) in [6, 6.07) is 1.75. The lowest BCUT2D eigenvalue weighted by molar-refractivity contribution is -0.00510. The molecule has 2 aromatic rings. The number of hydrogen-bond acceptors (Lipinski definition) is 6. The van der Waals surface area contributed by atoms with Crippen molar-refractivity contribution in [1.29, 1.82) is 0 Å². The summed E-state index contributed by atoms with van der Waals surface area (Å²) in [5.74, 6) is 0.634. The lowest BCUT2D eigenvalue weighted by atomic mass is 10.2. The molecular weight excluding hydrogens is 318 g/mol. The van der Waals surface area contributed by atoms with E-state index in [4.69, 9.17) is 4.74 Å². The number of hydrogen-bond donors (Lipinski definition) is 0. The molecule has 3 heterocycles. The summed E-state index contributed by atoms with van der Waals surface area (Å²) in [7, 11) is -1.89. The molecule has 0 aliphatic carbocycles. The van der Waals surface area contributed by atoms with Gasteiger partial charge in [0.2, 0.25) is 10.0 Å². The molecule has 0 aromatic carbocycles. The fraction of sp³-hybridized carbons (Fsp3) is 0.500. The van der Waals surface area contributed by atoms with E-state index in [1.54, 1.807) is 33.2 Å². The predicted molar refractivity (Wildman–Crippen MR) is 82.2 cm³/mol. The third-order valence-electron chi connectivity index (χ3n) is 3.74. The van der Waals surface area contributed by atoms with Crippen molar-refractivity contribution < 1.29 is 13.2 Å². The average molecular weight is 337 g/mol. The van der Waals surface area contributed by atoms with Crippen molar-refractivity contribution in [3.05, 3.63) is 35.7 Å². The SMILES string of the molecule is Cc1nccc([C@@H]2CN(S(=O)(=O)c3cn(C)nc3C)CCO2)n1. The van der Waals surface area contributed by atoms with Gasteiger partial charge in [0.15, 0.2) is 0 Å². The van der Waals surface area contributed by atoms with Crippen LogP contribution in [-0.2, 0) is 21.8 Å². The van der Waals surface area contributed by atoms with Crippen LogP contribution in [0.15, 0.2) is 23.4 Å². The van der Waals surface area contributed by atoms with Gasteiger partial charge in [-0.2, -0.15) is 9.40 Å². The van der Waals surface area contributed by atoms with E-state index in [0.717, 1.165) is 0 Å². The minimum atomic E-state index is -3.60. The molecule has 2 aromatic heterocycles. The summed E-state index contributed by atoms with van der Waals surface area (Å²) in [5, 5.41) is 4.12. The normalized spacial score (nSPS) is 19.9. The molecule has 0 N–H and O–H groups in total. The Morgan fingerprint density at radius 2 is 2.13 bits per heavy atom. The third kappa shape index (κ3) is 3.12. The van der Waals surface area contributed by atoms with Gasteiger partial charge in [-0.05, 0) is 19.9 Å². The predicted octanol–water partition coefficient (Wildman–Crippen LogP) is 0.589. The molecule has 0 bridgehead atoms. The monoisotopic (exact) mass is 337 g/mol. The Bertz CT molecular complexity index is 818. The highest BCUT2D eigenvalue weighted by Gasteiger charge is 2.34. The zero-order chi connectivity index (χ0) is 16.6.